The highest BCUT2D eigenvalue weighted by atomic mass is 35.5. The van der Waals surface area contributed by atoms with Gasteiger partial charge in [0, 0.05) is 18.9 Å². The van der Waals surface area contributed by atoms with Crippen LogP contribution >= 0.6 is 11.6 Å². The summed E-state index contributed by atoms with van der Waals surface area (Å²) in [6.45, 7) is -0.188. The van der Waals surface area contributed by atoms with Crippen LogP contribution in [0.4, 0.5) is 0 Å². The highest BCUT2D eigenvalue weighted by molar-refractivity contribution is 6.33. The molecule has 3 aromatic rings. The number of carbonyl (C=O) groups is 1. The molecule has 1 unspecified atom stereocenters. The largest absolute Gasteiger partial charge is 0.388 e. The van der Waals surface area contributed by atoms with Crippen LogP contribution in [0.25, 0.3) is 5.69 Å². The first-order valence-electron chi connectivity index (χ1n) is 11.9. The maximum Gasteiger partial charge on any atom is 0.352 e. The van der Waals surface area contributed by atoms with Crippen molar-refractivity contribution in [1.29, 1.82) is 0 Å². The van der Waals surface area contributed by atoms with Crippen molar-refractivity contribution >= 4 is 17.5 Å². The second-order valence-electron chi connectivity index (χ2n) is 9.07. The van der Waals surface area contributed by atoms with E-state index >= 15 is 0 Å². The van der Waals surface area contributed by atoms with Gasteiger partial charge in [-0.25, -0.2) is 4.79 Å². The number of aliphatic hydroxyl groups is 2. The van der Waals surface area contributed by atoms with Gasteiger partial charge in [0.1, 0.15) is 6.20 Å². The summed E-state index contributed by atoms with van der Waals surface area (Å²) in [6, 6.07) is 7.54. The van der Waals surface area contributed by atoms with Gasteiger partial charge in [-0.3, -0.25) is 19.1 Å². The summed E-state index contributed by atoms with van der Waals surface area (Å²) < 4.78 is 1.83. The van der Waals surface area contributed by atoms with Gasteiger partial charge in [0.2, 0.25) is 0 Å². The van der Waals surface area contributed by atoms with Crippen LogP contribution in [-0.4, -0.2) is 47.6 Å². The Morgan fingerprint density at radius 2 is 1.81 bits per heavy atom. The topological polar surface area (TPSA) is 139 Å². The third-order valence-corrected chi connectivity index (χ3v) is 6.79. The van der Waals surface area contributed by atoms with Gasteiger partial charge in [-0.1, -0.05) is 37.3 Å². The third kappa shape index (κ3) is 5.89. The number of hydrogen-bond donors (Lipinski definition) is 3. The first-order chi connectivity index (χ1) is 17.3. The number of aromatic nitrogens is 4. The van der Waals surface area contributed by atoms with Crippen LogP contribution in [0.5, 0.6) is 0 Å². The van der Waals surface area contributed by atoms with Crippen LogP contribution < -0.4 is 16.6 Å². The van der Waals surface area contributed by atoms with Gasteiger partial charge in [-0.2, -0.15) is 9.78 Å². The molecule has 36 heavy (non-hydrogen) atoms. The van der Waals surface area contributed by atoms with Crippen molar-refractivity contribution in [2.45, 2.75) is 56.8 Å². The Morgan fingerprint density at radius 3 is 2.50 bits per heavy atom. The van der Waals surface area contributed by atoms with Crippen LogP contribution in [0, 0.1) is 0 Å². The maximum absolute atomic E-state index is 13.1. The highest BCUT2D eigenvalue weighted by Crippen LogP contribution is 2.27. The van der Waals surface area contributed by atoms with Gasteiger partial charge in [-0.15, -0.1) is 0 Å². The van der Waals surface area contributed by atoms with Crippen molar-refractivity contribution in [2.24, 2.45) is 0 Å². The molecule has 2 heterocycles. The van der Waals surface area contributed by atoms with E-state index in [1.54, 1.807) is 12.1 Å². The summed E-state index contributed by atoms with van der Waals surface area (Å²) >= 11 is 6.27. The van der Waals surface area contributed by atoms with Gasteiger partial charge in [-0.05, 0) is 48.7 Å². The molecule has 0 spiro atoms. The van der Waals surface area contributed by atoms with E-state index in [0.717, 1.165) is 41.1 Å². The van der Waals surface area contributed by atoms with Gasteiger partial charge in [0.15, 0.2) is 0 Å². The van der Waals surface area contributed by atoms with Crippen LogP contribution in [0.3, 0.4) is 0 Å². The van der Waals surface area contributed by atoms with Crippen molar-refractivity contribution in [3.8, 4) is 5.69 Å². The molecule has 10 nitrogen and oxygen atoms in total. The first-order valence-corrected chi connectivity index (χ1v) is 12.2. The Bertz CT molecular complexity index is 1330. The molecular formula is C25H28ClN5O5. The quantitative estimate of drug-likeness (QED) is 0.410. The van der Waals surface area contributed by atoms with E-state index in [-0.39, 0.29) is 29.4 Å². The average Bonchev–Trinajstić information content (AvgIpc) is 3.11. The van der Waals surface area contributed by atoms with Gasteiger partial charge < -0.3 is 15.5 Å². The lowest BCUT2D eigenvalue weighted by Gasteiger charge is -2.26. The highest BCUT2D eigenvalue weighted by Gasteiger charge is 2.29. The summed E-state index contributed by atoms with van der Waals surface area (Å²) in [5, 5.41) is 28.2. The second kappa shape index (κ2) is 11.2. The third-order valence-electron chi connectivity index (χ3n) is 6.46. The Hall–Kier alpha value is -3.34. The zero-order valence-corrected chi connectivity index (χ0v) is 20.4. The Morgan fingerprint density at radius 1 is 1.11 bits per heavy atom. The van der Waals surface area contributed by atoms with Gasteiger partial charge in [0.25, 0.3) is 11.5 Å². The molecule has 1 aliphatic rings. The normalized spacial score (nSPS) is 16.2. The van der Waals surface area contributed by atoms with Gasteiger partial charge in [0.05, 0.1) is 34.5 Å². The van der Waals surface area contributed by atoms with Crippen LogP contribution in [0.15, 0.2) is 58.5 Å². The SMILES string of the molecule is O=C(NCC1(O)CCCCCC1)c1cc(-n2ncc(=O)n(CC(O)c3ccncc3)c2=O)ccc1Cl. The van der Waals surface area contributed by atoms with E-state index in [1.165, 1.54) is 30.6 Å². The minimum atomic E-state index is -1.12. The number of aliphatic hydroxyl groups excluding tert-OH is 1. The predicted molar refractivity (Wildman–Crippen MR) is 133 cm³/mol. The summed E-state index contributed by atoms with van der Waals surface area (Å²) in [7, 11) is 0. The second-order valence-corrected chi connectivity index (χ2v) is 9.48. The lowest BCUT2D eigenvalue weighted by molar-refractivity contribution is 0.0246. The standard InChI is InChI=1S/C25H28ClN5O5/c26-20-6-5-18(13-19(20)23(34)28-16-25(36)9-3-1-2-4-10-25)31-24(35)30(22(33)14-29-31)15-21(32)17-7-11-27-12-8-17/h5-8,11-14,21,32,36H,1-4,9-10,15-16H2,(H,28,34). The van der Waals surface area contributed by atoms with Crippen molar-refractivity contribution in [1.82, 2.24) is 24.6 Å². The van der Waals surface area contributed by atoms with Crippen molar-refractivity contribution in [3.05, 3.63) is 85.9 Å². The molecule has 1 amide bonds. The fourth-order valence-electron chi connectivity index (χ4n) is 4.37. The summed E-state index contributed by atoms with van der Waals surface area (Å²) in [5.41, 5.74) is -1.59. The molecule has 4 rings (SSSR count). The van der Waals surface area contributed by atoms with Crippen LogP contribution in [0.1, 0.15) is 60.6 Å². The summed E-state index contributed by atoms with van der Waals surface area (Å²) in [6.07, 6.45) is 8.03. The zero-order valence-electron chi connectivity index (χ0n) is 19.6. The number of amides is 1. The van der Waals surface area contributed by atoms with E-state index in [9.17, 15) is 24.6 Å². The fraction of sp³-hybridized carbons (Fsp3) is 0.400. The lowest BCUT2D eigenvalue weighted by atomic mass is 9.94. The zero-order chi connectivity index (χ0) is 25.7. The molecule has 2 aromatic heterocycles. The molecule has 11 heteroatoms. The number of halogens is 1. The minimum absolute atomic E-state index is 0.0996. The molecule has 0 aliphatic heterocycles. The molecule has 1 saturated carbocycles. The molecule has 0 saturated heterocycles. The van der Waals surface area contributed by atoms with Crippen LogP contribution in [0.2, 0.25) is 5.02 Å². The summed E-state index contributed by atoms with van der Waals surface area (Å²) in [5.74, 6) is -0.492. The fourth-order valence-corrected chi connectivity index (χ4v) is 4.57. The minimum Gasteiger partial charge on any atom is -0.388 e. The summed E-state index contributed by atoms with van der Waals surface area (Å²) in [4.78, 5) is 42.3. The Balaban J connectivity index is 1.58. The van der Waals surface area contributed by atoms with E-state index in [4.69, 9.17) is 11.6 Å². The molecule has 1 aromatic carbocycles. The van der Waals surface area contributed by atoms with Crippen LogP contribution in [-0.2, 0) is 6.54 Å². The number of hydrogen-bond acceptors (Lipinski definition) is 7. The Labute approximate surface area is 212 Å². The maximum atomic E-state index is 13.1. The van der Waals surface area contributed by atoms with E-state index < -0.39 is 28.9 Å². The van der Waals surface area contributed by atoms with E-state index in [1.807, 2.05) is 0 Å². The molecule has 1 aliphatic carbocycles. The number of nitrogens with zero attached hydrogens (tertiary/aromatic N) is 4. The number of benzene rings is 1. The number of pyridine rings is 1. The monoisotopic (exact) mass is 513 g/mol. The molecule has 1 atom stereocenters. The van der Waals surface area contributed by atoms with Crippen molar-refractivity contribution in [3.63, 3.8) is 0 Å². The molecular weight excluding hydrogens is 486 g/mol. The molecule has 1 fully saturated rings. The number of carbonyl (C=O) groups excluding carboxylic acids is 1. The molecule has 0 radical (unpaired) electrons. The Kier molecular flexibility index (Phi) is 7.97. The average molecular weight is 514 g/mol. The molecule has 0 bridgehead atoms. The van der Waals surface area contributed by atoms with Crippen molar-refractivity contribution < 1.29 is 15.0 Å². The van der Waals surface area contributed by atoms with E-state index in [0.29, 0.717) is 18.4 Å². The van der Waals surface area contributed by atoms with Crippen molar-refractivity contribution in [2.75, 3.05) is 6.54 Å². The predicted octanol–water partition coefficient (Wildman–Crippen LogP) is 1.99. The van der Waals surface area contributed by atoms with E-state index in [2.05, 4.69) is 15.4 Å². The number of nitrogens with one attached hydrogen (secondary N) is 1. The van der Waals surface area contributed by atoms with Gasteiger partial charge >= 0.3 is 5.69 Å². The number of rotatable bonds is 7. The smallest absolute Gasteiger partial charge is 0.352 e. The first kappa shape index (κ1) is 25.7. The molecule has 190 valence electrons. The molecule has 3 N–H and O–H groups in total. The lowest BCUT2D eigenvalue weighted by Crippen LogP contribution is -2.43.